The van der Waals surface area contributed by atoms with Gasteiger partial charge in [-0.05, 0) is 43.9 Å². The summed E-state index contributed by atoms with van der Waals surface area (Å²) in [4.78, 5) is 21.3. The molecule has 35 heavy (non-hydrogen) atoms. The number of halogens is 1. The summed E-state index contributed by atoms with van der Waals surface area (Å²) in [6.07, 6.45) is 3.24. The standard InChI is InChI=1S/C25H28FN5O4/c26-16-11-19-18(28-12-16)2-4-22(33)31(19)14-21(32)25-7-5-24(6-8-25,15-35-25)29-13-17-1-3-20-23(30-17)27-9-10-34-20/h1-4,11-12,21,29,32H,5-10,13-15H2,(H,27,30). The minimum Gasteiger partial charge on any atom is -0.488 e. The minimum atomic E-state index is -0.902. The highest BCUT2D eigenvalue weighted by molar-refractivity contribution is 5.74. The van der Waals surface area contributed by atoms with Crippen LogP contribution in [0.1, 0.15) is 31.4 Å². The fourth-order valence-corrected chi connectivity index (χ4v) is 5.49. The van der Waals surface area contributed by atoms with Crippen molar-refractivity contribution in [3.63, 3.8) is 0 Å². The molecule has 1 atom stereocenters. The van der Waals surface area contributed by atoms with Crippen LogP contribution < -0.4 is 20.9 Å². The van der Waals surface area contributed by atoms with Crippen molar-refractivity contribution in [3.8, 4) is 5.75 Å². The number of hydrogen-bond donors (Lipinski definition) is 3. The van der Waals surface area contributed by atoms with Gasteiger partial charge >= 0.3 is 0 Å². The summed E-state index contributed by atoms with van der Waals surface area (Å²) in [5, 5.41) is 18.1. The molecule has 3 N–H and O–H groups in total. The van der Waals surface area contributed by atoms with Crippen molar-refractivity contribution in [2.24, 2.45) is 0 Å². The van der Waals surface area contributed by atoms with Gasteiger partial charge in [0, 0.05) is 24.2 Å². The molecule has 7 rings (SSSR count). The average Bonchev–Trinajstić information content (AvgIpc) is 2.90. The first kappa shape index (κ1) is 22.4. The molecule has 1 saturated carbocycles. The molecule has 0 amide bonds. The first-order valence-electron chi connectivity index (χ1n) is 12.0. The van der Waals surface area contributed by atoms with Crippen LogP contribution in [0.3, 0.4) is 0 Å². The zero-order chi connectivity index (χ0) is 24.0. The minimum absolute atomic E-state index is 0.0237. The quantitative estimate of drug-likeness (QED) is 0.490. The summed E-state index contributed by atoms with van der Waals surface area (Å²) in [5.41, 5.74) is 0.594. The summed E-state index contributed by atoms with van der Waals surface area (Å²) < 4.78 is 27.1. The topological polar surface area (TPSA) is 111 Å². The third kappa shape index (κ3) is 4.05. The van der Waals surface area contributed by atoms with E-state index in [1.54, 1.807) is 6.07 Å². The van der Waals surface area contributed by atoms with Gasteiger partial charge in [-0.25, -0.2) is 9.37 Å². The van der Waals surface area contributed by atoms with Crippen molar-refractivity contribution < 1.29 is 19.0 Å². The molecule has 3 aliphatic heterocycles. The Morgan fingerprint density at radius 2 is 2.09 bits per heavy atom. The number of nitrogens with one attached hydrogen (secondary N) is 2. The van der Waals surface area contributed by atoms with Crippen molar-refractivity contribution in [2.75, 3.05) is 25.1 Å². The van der Waals surface area contributed by atoms with Crippen molar-refractivity contribution in [3.05, 3.63) is 58.4 Å². The molecule has 6 heterocycles. The molecule has 0 radical (unpaired) electrons. The Bertz CT molecular complexity index is 1300. The Morgan fingerprint density at radius 1 is 1.23 bits per heavy atom. The van der Waals surface area contributed by atoms with Gasteiger partial charge in [0.25, 0.3) is 5.56 Å². The third-order valence-corrected chi connectivity index (χ3v) is 7.67. The number of anilines is 1. The van der Waals surface area contributed by atoms with Gasteiger partial charge in [0.1, 0.15) is 18.5 Å². The van der Waals surface area contributed by atoms with E-state index in [-0.39, 0.29) is 17.6 Å². The number of hydrogen-bond acceptors (Lipinski definition) is 8. The van der Waals surface area contributed by atoms with Crippen molar-refractivity contribution in [1.82, 2.24) is 19.9 Å². The highest BCUT2D eigenvalue weighted by Crippen LogP contribution is 2.46. The van der Waals surface area contributed by atoms with E-state index in [0.717, 1.165) is 42.8 Å². The Morgan fingerprint density at radius 3 is 2.89 bits per heavy atom. The second-order valence-corrected chi connectivity index (χ2v) is 9.77. The van der Waals surface area contributed by atoms with Crippen LogP contribution in [0.15, 0.2) is 41.3 Å². The number of rotatable bonds is 6. The smallest absolute Gasteiger partial charge is 0.251 e. The van der Waals surface area contributed by atoms with Crippen LogP contribution in [-0.4, -0.2) is 56.6 Å². The monoisotopic (exact) mass is 481 g/mol. The molecule has 10 heteroatoms. The third-order valence-electron chi connectivity index (χ3n) is 7.67. The Labute approximate surface area is 201 Å². The number of pyridine rings is 3. The lowest BCUT2D eigenvalue weighted by Gasteiger charge is -2.55. The molecule has 2 saturated heterocycles. The van der Waals surface area contributed by atoms with Crippen LogP contribution in [0.2, 0.25) is 0 Å². The molecule has 2 bridgehead atoms. The van der Waals surface area contributed by atoms with Gasteiger partial charge in [0.15, 0.2) is 11.6 Å². The number of nitrogens with zero attached hydrogens (tertiary/aromatic N) is 3. The predicted molar refractivity (Wildman–Crippen MR) is 127 cm³/mol. The summed E-state index contributed by atoms with van der Waals surface area (Å²) in [6.45, 7) is 2.49. The van der Waals surface area contributed by atoms with Gasteiger partial charge in [-0.1, -0.05) is 0 Å². The number of ether oxygens (including phenoxy) is 2. The van der Waals surface area contributed by atoms with Gasteiger partial charge in [0.2, 0.25) is 0 Å². The second-order valence-electron chi connectivity index (χ2n) is 9.77. The number of fused-ring (bicyclic) bond motifs is 5. The lowest BCUT2D eigenvalue weighted by molar-refractivity contribution is -0.211. The average molecular weight is 482 g/mol. The summed E-state index contributed by atoms with van der Waals surface area (Å²) >= 11 is 0. The van der Waals surface area contributed by atoms with Crippen molar-refractivity contribution >= 4 is 16.9 Å². The summed E-state index contributed by atoms with van der Waals surface area (Å²) in [6, 6.07) is 8.15. The molecule has 1 aliphatic carbocycles. The fourth-order valence-electron chi connectivity index (χ4n) is 5.49. The number of aliphatic hydroxyl groups excluding tert-OH is 1. The molecular formula is C25H28FN5O4. The Kier molecular flexibility index (Phi) is 5.46. The van der Waals surface area contributed by atoms with Gasteiger partial charge in [-0.2, -0.15) is 0 Å². The van der Waals surface area contributed by atoms with E-state index in [1.165, 1.54) is 16.7 Å². The molecule has 3 fully saturated rings. The maximum absolute atomic E-state index is 13.8. The predicted octanol–water partition coefficient (Wildman–Crippen LogP) is 1.97. The Balaban J connectivity index is 1.13. The first-order chi connectivity index (χ1) is 17.0. The van der Waals surface area contributed by atoms with Crippen LogP contribution >= 0.6 is 0 Å². The molecule has 184 valence electrons. The summed E-state index contributed by atoms with van der Waals surface area (Å²) in [7, 11) is 0. The molecular weight excluding hydrogens is 453 g/mol. The van der Waals surface area contributed by atoms with E-state index < -0.39 is 17.5 Å². The Hall–Kier alpha value is -3.08. The zero-order valence-corrected chi connectivity index (χ0v) is 19.3. The van der Waals surface area contributed by atoms with E-state index in [0.29, 0.717) is 43.6 Å². The van der Waals surface area contributed by atoms with E-state index >= 15 is 0 Å². The van der Waals surface area contributed by atoms with Gasteiger partial charge in [-0.15, -0.1) is 0 Å². The largest absolute Gasteiger partial charge is 0.488 e. The summed E-state index contributed by atoms with van der Waals surface area (Å²) in [5.74, 6) is 1.03. The molecule has 0 aromatic carbocycles. The normalized spacial score (nSPS) is 26.1. The second kappa shape index (κ2) is 8.54. The highest BCUT2D eigenvalue weighted by Gasteiger charge is 2.53. The SMILES string of the molecule is O=c1ccc2ncc(F)cc2n1CC(O)C12CCC(NCc3ccc4c(n3)NCCO4)(CC1)CO2. The molecule has 0 spiro atoms. The van der Waals surface area contributed by atoms with Crippen molar-refractivity contribution in [2.45, 2.75) is 56.0 Å². The van der Waals surface area contributed by atoms with Gasteiger partial charge in [-0.3, -0.25) is 9.78 Å². The fraction of sp³-hybridized carbons (Fsp3) is 0.480. The highest BCUT2D eigenvalue weighted by atomic mass is 19.1. The van der Waals surface area contributed by atoms with E-state index in [2.05, 4.69) is 20.6 Å². The van der Waals surface area contributed by atoms with Gasteiger partial charge in [0.05, 0.1) is 48.2 Å². The van der Waals surface area contributed by atoms with E-state index in [4.69, 9.17) is 9.47 Å². The van der Waals surface area contributed by atoms with Crippen LogP contribution in [0.4, 0.5) is 10.2 Å². The van der Waals surface area contributed by atoms with Gasteiger partial charge < -0.3 is 29.8 Å². The lowest BCUT2D eigenvalue weighted by atomic mass is 9.69. The molecule has 1 unspecified atom stereocenters. The molecule has 3 aromatic rings. The van der Waals surface area contributed by atoms with Crippen LogP contribution in [0.25, 0.3) is 11.0 Å². The maximum atomic E-state index is 13.8. The van der Waals surface area contributed by atoms with Crippen LogP contribution in [0, 0.1) is 5.82 Å². The van der Waals surface area contributed by atoms with Crippen molar-refractivity contribution in [1.29, 1.82) is 0 Å². The maximum Gasteiger partial charge on any atom is 0.251 e. The lowest BCUT2D eigenvalue weighted by Crippen LogP contribution is -2.65. The first-order valence-corrected chi connectivity index (χ1v) is 12.0. The molecule has 3 aromatic heterocycles. The number of aliphatic hydroxyl groups is 1. The number of aromatic nitrogens is 3. The van der Waals surface area contributed by atoms with E-state index in [1.807, 2.05) is 12.1 Å². The van der Waals surface area contributed by atoms with E-state index in [9.17, 15) is 14.3 Å². The van der Waals surface area contributed by atoms with Crippen LogP contribution in [0.5, 0.6) is 5.75 Å². The zero-order valence-electron chi connectivity index (χ0n) is 19.3. The van der Waals surface area contributed by atoms with Crippen LogP contribution in [-0.2, 0) is 17.8 Å². The molecule has 4 aliphatic rings. The molecule has 9 nitrogen and oxygen atoms in total.